The molecule has 2 aromatic carbocycles. The molecule has 0 radical (unpaired) electrons. The second-order valence-corrected chi connectivity index (χ2v) is 8.26. The second kappa shape index (κ2) is 8.19. The Labute approximate surface area is 171 Å². The zero-order chi connectivity index (χ0) is 19.6. The first-order valence-corrected chi connectivity index (χ1v) is 10.6. The molecule has 1 saturated heterocycles. The zero-order valence-electron chi connectivity index (χ0n) is 16.7. The summed E-state index contributed by atoms with van der Waals surface area (Å²) in [5.74, 6) is 1.99. The molecule has 2 aliphatic rings. The third-order valence-electron chi connectivity index (χ3n) is 6.00. The lowest BCUT2D eigenvalue weighted by Crippen LogP contribution is -2.35. The number of aliphatic hydroxyl groups excluding tert-OH is 1. The molecule has 2 aliphatic heterocycles. The van der Waals surface area contributed by atoms with Gasteiger partial charge in [-0.15, -0.1) is 0 Å². The van der Waals surface area contributed by atoms with Gasteiger partial charge in [-0.3, -0.25) is 9.80 Å². The largest absolute Gasteiger partial charge is 0.492 e. The molecule has 3 heterocycles. The van der Waals surface area contributed by atoms with Gasteiger partial charge in [0.05, 0.1) is 12.6 Å². The summed E-state index contributed by atoms with van der Waals surface area (Å²) in [4.78, 5) is 4.82. The van der Waals surface area contributed by atoms with Crippen LogP contribution in [-0.2, 0) is 19.6 Å². The molecule has 0 saturated carbocycles. The molecule has 0 amide bonds. The topological polar surface area (TPSA) is 49.1 Å². The van der Waals surface area contributed by atoms with Crippen molar-refractivity contribution in [3.05, 3.63) is 65.4 Å². The van der Waals surface area contributed by atoms with Crippen LogP contribution in [0.25, 0.3) is 11.0 Å². The van der Waals surface area contributed by atoms with E-state index in [2.05, 4.69) is 40.1 Å². The molecule has 1 N–H and O–H groups in total. The first-order valence-electron chi connectivity index (χ1n) is 10.6. The van der Waals surface area contributed by atoms with Gasteiger partial charge >= 0.3 is 0 Å². The standard InChI is InChI=1S/C24H28N2O3/c27-21-7-9-25(10-8-21)15-18-5-6-23-20(13-18)16-26(11-12-28-23)17-22-14-19-3-1-2-4-24(19)29-22/h1-6,13-14,21,27H,7-12,15-17H2. The van der Waals surface area contributed by atoms with Crippen LogP contribution in [0.3, 0.4) is 0 Å². The fourth-order valence-electron chi connectivity index (χ4n) is 4.41. The van der Waals surface area contributed by atoms with E-state index in [0.29, 0.717) is 6.61 Å². The highest BCUT2D eigenvalue weighted by atomic mass is 16.5. The molecule has 3 aromatic rings. The smallest absolute Gasteiger partial charge is 0.134 e. The van der Waals surface area contributed by atoms with E-state index >= 15 is 0 Å². The normalized spacial score (nSPS) is 19.1. The average Bonchev–Trinajstić information content (AvgIpc) is 3.02. The Morgan fingerprint density at radius 1 is 0.931 bits per heavy atom. The van der Waals surface area contributed by atoms with Gasteiger partial charge in [0.15, 0.2) is 0 Å². The first kappa shape index (κ1) is 18.7. The number of ether oxygens (including phenoxy) is 1. The molecule has 0 unspecified atom stereocenters. The number of fused-ring (bicyclic) bond motifs is 2. The predicted octanol–water partition coefficient (Wildman–Crippen LogP) is 3.78. The predicted molar refractivity (Wildman–Crippen MR) is 113 cm³/mol. The van der Waals surface area contributed by atoms with Gasteiger partial charge in [-0.1, -0.05) is 24.3 Å². The van der Waals surface area contributed by atoms with Crippen molar-refractivity contribution in [2.75, 3.05) is 26.2 Å². The fourth-order valence-corrected chi connectivity index (χ4v) is 4.41. The maximum atomic E-state index is 9.72. The Kier molecular flexibility index (Phi) is 5.27. The van der Waals surface area contributed by atoms with E-state index in [1.54, 1.807) is 0 Å². The van der Waals surface area contributed by atoms with Crippen LogP contribution in [0.15, 0.2) is 52.9 Å². The van der Waals surface area contributed by atoms with Gasteiger partial charge in [-0.05, 0) is 42.7 Å². The van der Waals surface area contributed by atoms with Crippen molar-refractivity contribution in [1.82, 2.24) is 9.80 Å². The molecule has 0 aliphatic carbocycles. The molecule has 0 spiro atoms. The average molecular weight is 392 g/mol. The van der Waals surface area contributed by atoms with Crippen molar-refractivity contribution < 1.29 is 14.3 Å². The van der Waals surface area contributed by atoms with E-state index in [1.807, 2.05) is 18.2 Å². The van der Waals surface area contributed by atoms with E-state index in [1.165, 1.54) is 11.1 Å². The lowest BCUT2D eigenvalue weighted by molar-refractivity contribution is 0.0792. The third-order valence-corrected chi connectivity index (χ3v) is 6.00. The summed E-state index contributed by atoms with van der Waals surface area (Å²) in [7, 11) is 0. The molecule has 5 nitrogen and oxygen atoms in total. The molecule has 1 aromatic heterocycles. The molecule has 29 heavy (non-hydrogen) atoms. The first-order chi connectivity index (χ1) is 14.2. The number of para-hydroxylation sites is 1. The Balaban J connectivity index is 1.29. The van der Waals surface area contributed by atoms with Crippen LogP contribution in [0.4, 0.5) is 0 Å². The summed E-state index contributed by atoms with van der Waals surface area (Å²) in [6.45, 7) is 6.08. The van der Waals surface area contributed by atoms with Crippen molar-refractivity contribution in [1.29, 1.82) is 0 Å². The fraction of sp³-hybridized carbons (Fsp3) is 0.417. The highest BCUT2D eigenvalue weighted by Gasteiger charge is 2.20. The van der Waals surface area contributed by atoms with E-state index in [9.17, 15) is 5.11 Å². The molecule has 5 rings (SSSR count). The van der Waals surface area contributed by atoms with E-state index in [0.717, 1.165) is 74.6 Å². The number of rotatable bonds is 4. The van der Waals surface area contributed by atoms with Crippen molar-refractivity contribution in [3.63, 3.8) is 0 Å². The van der Waals surface area contributed by atoms with Crippen LogP contribution in [0.1, 0.15) is 29.7 Å². The van der Waals surface area contributed by atoms with Crippen LogP contribution in [0, 0.1) is 0 Å². The number of benzene rings is 2. The number of piperidine rings is 1. The number of likely N-dealkylation sites (tertiary alicyclic amines) is 1. The van der Waals surface area contributed by atoms with E-state index < -0.39 is 0 Å². The summed E-state index contributed by atoms with van der Waals surface area (Å²) in [6.07, 6.45) is 1.62. The summed E-state index contributed by atoms with van der Waals surface area (Å²) >= 11 is 0. The lowest BCUT2D eigenvalue weighted by Gasteiger charge is -2.29. The van der Waals surface area contributed by atoms with Gasteiger partial charge in [0.1, 0.15) is 23.7 Å². The number of nitrogens with zero attached hydrogens (tertiary/aromatic N) is 2. The second-order valence-electron chi connectivity index (χ2n) is 8.26. The SMILES string of the molecule is OC1CCN(Cc2ccc3c(c2)CN(Cc2cc4ccccc4o2)CCO3)CC1. The van der Waals surface area contributed by atoms with Gasteiger partial charge < -0.3 is 14.3 Å². The van der Waals surface area contributed by atoms with Crippen molar-refractivity contribution in [3.8, 4) is 5.75 Å². The van der Waals surface area contributed by atoms with Gasteiger partial charge in [0.25, 0.3) is 0 Å². The maximum absolute atomic E-state index is 9.72. The Bertz CT molecular complexity index is 942. The third kappa shape index (κ3) is 4.32. The Morgan fingerprint density at radius 3 is 2.66 bits per heavy atom. The van der Waals surface area contributed by atoms with Crippen LogP contribution in [0.5, 0.6) is 5.75 Å². The van der Waals surface area contributed by atoms with E-state index in [4.69, 9.17) is 9.15 Å². The monoisotopic (exact) mass is 392 g/mol. The van der Waals surface area contributed by atoms with E-state index in [-0.39, 0.29) is 6.10 Å². The minimum Gasteiger partial charge on any atom is -0.492 e. The molecule has 0 bridgehead atoms. The quantitative estimate of drug-likeness (QED) is 0.732. The highest BCUT2D eigenvalue weighted by Crippen LogP contribution is 2.27. The molecule has 152 valence electrons. The lowest BCUT2D eigenvalue weighted by atomic mass is 10.1. The minimum atomic E-state index is -0.126. The minimum absolute atomic E-state index is 0.126. The summed E-state index contributed by atoms with van der Waals surface area (Å²) < 4.78 is 12.0. The van der Waals surface area contributed by atoms with Crippen molar-refractivity contribution >= 4 is 11.0 Å². The summed E-state index contributed by atoms with van der Waals surface area (Å²) in [5, 5.41) is 10.9. The number of hydrogen-bond donors (Lipinski definition) is 1. The summed E-state index contributed by atoms with van der Waals surface area (Å²) in [5.41, 5.74) is 3.50. The van der Waals surface area contributed by atoms with Crippen LogP contribution >= 0.6 is 0 Å². The molecular weight excluding hydrogens is 364 g/mol. The van der Waals surface area contributed by atoms with Gasteiger partial charge in [-0.25, -0.2) is 0 Å². The van der Waals surface area contributed by atoms with Crippen molar-refractivity contribution in [2.24, 2.45) is 0 Å². The van der Waals surface area contributed by atoms with Crippen LogP contribution in [-0.4, -0.2) is 47.3 Å². The van der Waals surface area contributed by atoms with Crippen LogP contribution in [0.2, 0.25) is 0 Å². The van der Waals surface area contributed by atoms with Crippen LogP contribution < -0.4 is 4.74 Å². The summed E-state index contributed by atoms with van der Waals surface area (Å²) in [6, 6.07) is 16.9. The number of hydrogen-bond acceptors (Lipinski definition) is 5. The molecule has 1 fully saturated rings. The highest BCUT2D eigenvalue weighted by molar-refractivity contribution is 5.77. The molecular formula is C24H28N2O3. The van der Waals surface area contributed by atoms with Gasteiger partial charge in [0, 0.05) is 43.7 Å². The molecule has 5 heteroatoms. The Hall–Kier alpha value is -2.34. The van der Waals surface area contributed by atoms with Gasteiger partial charge in [0.2, 0.25) is 0 Å². The Morgan fingerprint density at radius 2 is 1.79 bits per heavy atom. The van der Waals surface area contributed by atoms with Gasteiger partial charge in [-0.2, -0.15) is 0 Å². The zero-order valence-corrected chi connectivity index (χ0v) is 16.7. The molecule has 0 atom stereocenters. The maximum Gasteiger partial charge on any atom is 0.134 e. The number of furan rings is 1. The number of aliphatic hydroxyl groups is 1. The van der Waals surface area contributed by atoms with Crippen molar-refractivity contribution in [2.45, 2.75) is 38.6 Å².